The van der Waals surface area contributed by atoms with Crippen molar-refractivity contribution in [1.29, 1.82) is 0 Å². The van der Waals surface area contributed by atoms with Crippen LogP contribution in [0.15, 0.2) is 35.7 Å². The van der Waals surface area contributed by atoms with Crippen molar-refractivity contribution in [3.05, 3.63) is 57.0 Å². The minimum absolute atomic E-state index is 0.0255. The Morgan fingerprint density at radius 2 is 2.23 bits per heavy atom. The molecular weight excluding hydrogens is 304 g/mol. The summed E-state index contributed by atoms with van der Waals surface area (Å²) in [5.41, 5.74) is 1.29. The first-order chi connectivity index (χ1) is 10.6. The number of hydrogen-bond acceptors (Lipinski definition) is 5. The second kappa shape index (κ2) is 5.76. The Balaban J connectivity index is 1.88. The van der Waals surface area contributed by atoms with E-state index >= 15 is 0 Å². The van der Waals surface area contributed by atoms with Gasteiger partial charge < -0.3 is 9.64 Å². The Morgan fingerprint density at radius 3 is 2.95 bits per heavy atom. The number of carbonyl (C=O) groups is 1. The van der Waals surface area contributed by atoms with Crippen LogP contribution in [0.2, 0.25) is 0 Å². The van der Waals surface area contributed by atoms with E-state index in [0.29, 0.717) is 18.7 Å². The van der Waals surface area contributed by atoms with Gasteiger partial charge in [-0.3, -0.25) is 14.9 Å². The number of para-hydroxylation sites is 1. The molecule has 0 fully saturated rings. The topological polar surface area (TPSA) is 72.7 Å². The van der Waals surface area contributed by atoms with Gasteiger partial charge >= 0.3 is 5.00 Å². The van der Waals surface area contributed by atoms with Crippen LogP contribution >= 0.6 is 11.3 Å². The lowest BCUT2D eigenvalue weighted by Gasteiger charge is -2.25. The highest BCUT2D eigenvalue weighted by Crippen LogP contribution is 2.28. The highest BCUT2D eigenvalue weighted by atomic mass is 32.1. The Morgan fingerprint density at radius 1 is 1.45 bits per heavy atom. The van der Waals surface area contributed by atoms with Crippen molar-refractivity contribution in [2.75, 3.05) is 6.61 Å². The summed E-state index contributed by atoms with van der Waals surface area (Å²) in [7, 11) is 0. The summed E-state index contributed by atoms with van der Waals surface area (Å²) in [4.78, 5) is 24.6. The van der Waals surface area contributed by atoms with E-state index in [0.717, 1.165) is 22.6 Å². The number of thiophene rings is 1. The van der Waals surface area contributed by atoms with Crippen LogP contribution in [0.5, 0.6) is 5.75 Å². The third-order valence-corrected chi connectivity index (χ3v) is 4.48. The van der Waals surface area contributed by atoms with Crippen LogP contribution in [-0.2, 0) is 6.54 Å². The van der Waals surface area contributed by atoms with Crippen LogP contribution in [0.1, 0.15) is 22.8 Å². The number of amides is 1. The molecule has 0 spiro atoms. The van der Waals surface area contributed by atoms with Crippen LogP contribution in [0.4, 0.5) is 5.00 Å². The number of nitrogens with zero attached hydrogens (tertiary/aromatic N) is 2. The van der Waals surface area contributed by atoms with Crippen molar-refractivity contribution in [2.45, 2.75) is 19.5 Å². The fraction of sp³-hybridized carbons (Fsp3) is 0.267. The smallest absolute Gasteiger partial charge is 0.324 e. The minimum atomic E-state index is -0.480. The van der Waals surface area contributed by atoms with Gasteiger partial charge in [-0.1, -0.05) is 29.5 Å². The molecule has 1 aromatic carbocycles. The highest BCUT2D eigenvalue weighted by Gasteiger charge is 2.28. The maximum Gasteiger partial charge on any atom is 0.324 e. The molecule has 3 rings (SSSR count). The van der Waals surface area contributed by atoms with E-state index in [-0.39, 0.29) is 17.0 Å². The molecule has 0 radical (unpaired) electrons. The van der Waals surface area contributed by atoms with Gasteiger partial charge in [0, 0.05) is 17.0 Å². The number of benzene rings is 1. The maximum atomic E-state index is 12.7. The molecule has 114 valence electrons. The summed E-state index contributed by atoms with van der Waals surface area (Å²) in [6.45, 7) is 2.74. The number of carbonyl (C=O) groups excluding carboxylic acids is 1. The van der Waals surface area contributed by atoms with Gasteiger partial charge in [0.2, 0.25) is 0 Å². The van der Waals surface area contributed by atoms with Crippen LogP contribution in [0.25, 0.3) is 0 Å². The van der Waals surface area contributed by atoms with Crippen molar-refractivity contribution < 1.29 is 14.5 Å². The zero-order valence-electron chi connectivity index (χ0n) is 11.9. The molecule has 1 unspecified atom stereocenters. The molecule has 1 amide bonds. The first-order valence-corrected chi connectivity index (χ1v) is 7.69. The number of rotatable bonds is 2. The van der Waals surface area contributed by atoms with Gasteiger partial charge in [-0.15, -0.1) is 0 Å². The summed E-state index contributed by atoms with van der Waals surface area (Å²) in [5.74, 6) is 0.568. The lowest BCUT2D eigenvalue weighted by molar-refractivity contribution is -0.380. The van der Waals surface area contributed by atoms with E-state index in [1.54, 1.807) is 4.90 Å². The van der Waals surface area contributed by atoms with Gasteiger partial charge in [0.15, 0.2) is 0 Å². The number of fused-ring (bicyclic) bond motifs is 1. The molecule has 0 saturated heterocycles. The normalized spacial score (nSPS) is 17.3. The zero-order valence-corrected chi connectivity index (χ0v) is 12.7. The van der Waals surface area contributed by atoms with Gasteiger partial charge in [-0.25, -0.2) is 0 Å². The van der Waals surface area contributed by atoms with Gasteiger partial charge in [0.25, 0.3) is 5.91 Å². The standard InChI is InChI=1S/C15H14N2O4S/c1-10-8-21-13-5-3-2-4-11(13)7-16(10)15(18)12-6-14(17(19)20)22-9-12/h2-6,9-10H,7-8H2,1H3. The fourth-order valence-corrected chi connectivity index (χ4v) is 3.08. The SMILES string of the molecule is CC1COc2ccccc2CN1C(=O)c1csc([N+](=O)[O-])c1. The van der Waals surface area contributed by atoms with Crippen molar-refractivity contribution >= 4 is 22.2 Å². The molecular formula is C15H14N2O4S. The molecule has 0 aliphatic carbocycles. The van der Waals surface area contributed by atoms with E-state index in [1.165, 1.54) is 11.4 Å². The Kier molecular flexibility index (Phi) is 3.81. The third-order valence-electron chi connectivity index (χ3n) is 3.60. The molecule has 0 saturated carbocycles. The van der Waals surface area contributed by atoms with E-state index in [1.807, 2.05) is 31.2 Å². The monoisotopic (exact) mass is 318 g/mol. The molecule has 7 heteroatoms. The Hall–Kier alpha value is -2.41. The molecule has 0 bridgehead atoms. The number of hydrogen-bond donors (Lipinski definition) is 0. The van der Waals surface area contributed by atoms with Crippen molar-refractivity contribution in [3.8, 4) is 5.75 Å². The average molecular weight is 318 g/mol. The summed E-state index contributed by atoms with van der Waals surface area (Å²) >= 11 is 0.964. The summed E-state index contributed by atoms with van der Waals surface area (Å²) < 4.78 is 5.72. The largest absolute Gasteiger partial charge is 0.491 e. The number of ether oxygens (including phenoxy) is 1. The minimum Gasteiger partial charge on any atom is -0.491 e. The predicted octanol–water partition coefficient (Wildman–Crippen LogP) is 3.08. The molecule has 2 heterocycles. The Bertz CT molecular complexity index is 728. The van der Waals surface area contributed by atoms with E-state index in [2.05, 4.69) is 0 Å². The second-order valence-corrected chi connectivity index (χ2v) is 6.02. The van der Waals surface area contributed by atoms with Crippen LogP contribution in [0, 0.1) is 10.1 Å². The summed E-state index contributed by atoms with van der Waals surface area (Å²) in [6, 6.07) is 8.81. The summed E-state index contributed by atoms with van der Waals surface area (Å²) in [5, 5.41) is 12.3. The molecule has 0 N–H and O–H groups in total. The zero-order chi connectivity index (χ0) is 15.7. The van der Waals surface area contributed by atoms with Crippen LogP contribution in [0.3, 0.4) is 0 Å². The van der Waals surface area contributed by atoms with E-state index in [4.69, 9.17) is 4.74 Å². The third kappa shape index (κ3) is 2.67. The lowest BCUT2D eigenvalue weighted by atomic mass is 10.1. The van der Waals surface area contributed by atoms with Gasteiger partial charge in [0.1, 0.15) is 12.4 Å². The fourth-order valence-electron chi connectivity index (χ4n) is 2.39. The molecule has 1 aliphatic heterocycles. The van der Waals surface area contributed by atoms with Crippen molar-refractivity contribution in [1.82, 2.24) is 4.90 Å². The quantitative estimate of drug-likeness (QED) is 0.630. The molecule has 1 aliphatic rings. The lowest BCUT2D eigenvalue weighted by Crippen LogP contribution is -2.39. The van der Waals surface area contributed by atoms with Gasteiger partial charge in [-0.2, -0.15) is 0 Å². The molecule has 2 aromatic rings. The molecule has 6 nitrogen and oxygen atoms in total. The Labute approximate surface area is 131 Å². The average Bonchev–Trinajstić information content (AvgIpc) is 2.94. The van der Waals surface area contributed by atoms with Gasteiger partial charge in [0.05, 0.1) is 23.1 Å². The van der Waals surface area contributed by atoms with Crippen molar-refractivity contribution in [3.63, 3.8) is 0 Å². The summed E-state index contributed by atoms with van der Waals surface area (Å²) in [6.07, 6.45) is 0. The highest BCUT2D eigenvalue weighted by molar-refractivity contribution is 7.13. The first kappa shape index (κ1) is 14.5. The van der Waals surface area contributed by atoms with E-state index in [9.17, 15) is 14.9 Å². The number of nitro groups is 1. The first-order valence-electron chi connectivity index (χ1n) is 6.81. The molecule has 1 atom stereocenters. The van der Waals surface area contributed by atoms with Crippen LogP contribution in [-0.4, -0.2) is 28.4 Å². The molecule has 1 aromatic heterocycles. The van der Waals surface area contributed by atoms with E-state index < -0.39 is 4.92 Å². The van der Waals surface area contributed by atoms with Gasteiger partial charge in [-0.05, 0) is 13.0 Å². The van der Waals surface area contributed by atoms with Crippen molar-refractivity contribution in [2.24, 2.45) is 0 Å². The maximum absolute atomic E-state index is 12.7. The van der Waals surface area contributed by atoms with Crippen LogP contribution < -0.4 is 4.74 Å². The second-order valence-electron chi connectivity index (χ2n) is 5.13. The predicted molar refractivity (Wildman–Crippen MR) is 82.2 cm³/mol. The molecule has 22 heavy (non-hydrogen) atoms.